The van der Waals surface area contributed by atoms with E-state index >= 15 is 0 Å². The van der Waals surface area contributed by atoms with Crippen LogP contribution in [0.2, 0.25) is 4.34 Å². The van der Waals surface area contributed by atoms with Gasteiger partial charge in [0.1, 0.15) is 0 Å². The Morgan fingerprint density at radius 3 is 2.65 bits per heavy atom. The van der Waals surface area contributed by atoms with Crippen LogP contribution in [0.1, 0.15) is 31.6 Å². The quantitative estimate of drug-likeness (QED) is 0.823. The summed E-state index contributed by atoms with van der Waals surface area (Å²) in [7, 11) is 2.16. The van der Waals surface area contributed by atoms with E-state index in [1.807, 2.05) is 6.07 Å². The molecule has 0 aliphatic carbocycles. The van der Waals surface area contributed by atoms with E-state index in [1.54, 1.807) is 11.3 Å². The molecule has 0 radical (unpaired) electrons. The molecule has 0 fully saturated rings. The highest BCUT2D eigenvalue weighted by molar-refractivity contribution is 7.16. The van der Waals surface area contributed by atoms with Crippen LogP contribution >= 0.6 is 22.9 Å². The zero-order valence-electron chi connectivity index (χ0n) is 11.0. The third kappa shape index (κ3) is 5.87. The molecule has 98 valence electrons. The summed E-state index contributed by atoms with van der Waals surface area (Å²) in [5, 5.41) is 0. The van der Waals surface area contributed by atoms with Gasteiger partial charge in [0, 0.05) is 11.4 Å². The molecule has 2 N–H and O–H groups in total. The van der Waals surface area contributed by atoms with Gasteiger partial charge < -0.3 is 10.6 Å². The Balaban J connectivity index is 2.24. The average Bonchev–Trinajstić information content (AvgIpc) is 2.63. The van der Waals surface area contributed by atoms with Gasteiger partial charge in [-0.1, -0.05) is 25.4 Å². The molecule has 0 aliphatic heterocycles. The Labute approximate surface area is 114 Å². The molecule has 4 heteroatoms. The van der Waals surface area contributed by atoms with Crippen LogP contribution in [0.3, 0.4) is 0 Å². The maximum atomic E-state index is 5.91. The van der Waals surface area contributed by atoms with Gasteiger partial charge in [-0.25, -0.2) is 0 Å². The molecule has 0 aromatic carbocycles. The Kier molecular flexibility index (Phi) is 5.93. The number of rotatable bonds is 7. The van der Waals surface area contributed by atoms with Crippen LogP contribution in [0.4, 0.5) is 0 Å². The first-order valence-electron chi connectivity index (χ1n) is 6.06. The molecule has 1 aromatic rings. The number of nitrogens with zero attached hydrogens (tertiary/aromatic N) is 1. The summed E-state index contributed by atoms with van der Waals surface area (Å²) in [6.07, 6.45) is 2.37. The van der Waals surface area contributed by atoms with Crippen LogP contribution in [0.25, 0.3) is 0 Å². The lowest BCUT2D eigenvalue weighted by atomic mass is 9.88. The van der Waals surface area contributed by atoms with Gasteiger partial charge in [0.05, 0.1) is 4.34 Å². The Morgan fingerprint density at radius 1 is 1.41 bits per heavy atom. The van der Waals surface area contributed by atoms with Crippen LogP contribution in [0.15, 0.2) is 12.1 Å². The molecule has 1 heterocycles. The van der Waals surface area contributed by atoms with Crippen molar-refractivity contribution in [1.29, 1.82) is 0 Å². The number of thiophene rings is 1. The molecular weight excluding hydrogens is 252 g/mol. The minimum Gasteiger partial charge on any atom is -0.330 e. The van der Waals surface area contributed by atoms with E-state index in [0.29, 0.717) is 0 Å². The van der Waals surface area contributed by atoms with Crippen molar-refractivity contribution in [2.45, 2.75) is 33.2 Å². The number of halogens is 1. The third-order valence-electron chi connectivity index (χ3n) is 3.00. The highest BCUT2D eigenvalue weighted by Gasteiger charge is 2.15. The van der Waals surface area contributed by atoms with Crippen molar-refractivity contribution in [1.82, 2.24) is 4.90 Å². The Morgan fingerprint density at radius 2 is 2.12 bits per heavy atom. The van der Waals surface area contributed by atoms with Crippen LogP contribution in [0, 0.1) is 5.41 Å². The van der Waals surface area contributed by atoms with Gasteiger partial charge in [-0.15, -0.1) is 11.3 Å². The monoisotopic (exact) mass is 274 g/mol. The summed E-state index contributed by atoms with van der Waals surface area (Å²) in [6, 6.07) is 4.07. The predicted molar refractivity (Wildman–Crippen MR) is 77.7 cm³/mol. The van der Waals surface area contributed by atoms with Crippen LogP contribution in [-0.2, 0) is 6.54 Å². The topological polar surface area (TPSA) is 29.3 Å². The van der Waals surface area contributed by atoms with Crippen molar-refractivity contribution in [2.75, 3.05) is 20.1 Å². The van der Waals surface area contributed by atoms with Gasteiger partial charge in [-0.2, -0.15) is 0 Å². The summed E-state index contributed by atoms with van der Waals surface area (Å²) >= 11 is 7.58. The molecule has 0 saturated carbocycles. The minimum absolute atomic E-state index is 0.271. The molecule has 2 nitrogen and oxygen atoms in total. The molecule has 0 amide bonds. The van der Waals surface area contributed by atoms with E-state index < -0.39 is 0 Å². The molecule has 0 saturated heterocycles. The van der Waals surface area contributed by atoms with Gasteiger partial charge >= 0.3 is 0 Å². The highest BCUT2D eigenvalue weighted by Crippen LogP contribution is 2.23. The average molecular weight is 275 g/mol. The lowest BCUT2D eigenvalue weighted by Gasteiger charge is -2.24. The third-order valence-corrected chi connectivity index (χ3v) is 4.22. The summed E-state index contributed by atoms with van der Waals surface area (Å²) in [6.45, 7) is 7.31. The predicted octanol–water partition coefficient (Wildman–Crippen LogP) is 3.60. The molecule has 0 bridgehead atoms. The molecule has 1 rings (SSSR count). The first-order valence-corrected chi connectivity index (χ1v) is 7.25. The summed E-state index contributed by atoms with van der Waals surface area (Å²) in [5.41, 5.74) is 5.99. The standard InChI is InChI=1S/C13H23ClN2S/c1-13(2,10-15)7-4-8-16(3)9-11-5-6-12(14)17-11/h5-6H,4,7-10,15H2,1-3H3. The van der Waals surface area contributed by atoms with Gasteiger partial charge in [0.25, 0.3) is 0 Å². The number of nitrogens with two attached hydrogens (primary N) is 1. The minimum atomic E-state index is 0.271. The maximum absolute atomic E-state index is 5.91. The van der Waals surface area contributed by atoms with Gasteiger partial charge in [0.15, 0.2) is 0 Å². The first-order chi connectivity index (χ1) is 7.93. The van der Waals surface area contributed by atoms with Gasteiger partial charge in [-0.3, -0.25) is 0 Å². The smallest absolute Gasteiger partial charge is 0.0931 e. The van der Waals surface area contributed by atoms with Gasteiger partial charge in [0.2, 0.25) is 0 Å². The van der Waals surface area contributed by atoms with E-state index in [9.17, 15) is 0 Å². The summed E-state index contributed by atoms with van der Waals surface area (Å²) in [5.74, 6) is 0. The van der Waals surface area contributed by atoms with Crippen LogP contribution in [-0.4, -0.2) is 25.0 Å². The molecule has 0 aliphatic rings. The van der Waals surface area contributed by atoms with Crippen molar-refractivity contribution < 1.29 is 0 Å². The van der Waals surface area contributed by atoms with E-state index in [1.165, 1.54) is 17.7 Å². The lowest BCUT2D eigenvalue weighted by molar-refractivity contribution is 0.275. The van der Waals surface area contributed by atoms with Crippen molar-refractivity contribution in [3.8, 4) is 0 Å². The van der Waals surface area contributed by atoms with Crippen LogP contribution < -0.4 is 5.73 Å². The normalized spacial score (nSPS) is 12.4. The van der Waals surface area contributed by atoms with E-state index in [4.69, 9.17) is 17.3 Å². The number of hydrogen-bond acceptors (Lipinski definition) is 3. The SMILES string of the molecule is CN(CCCC(C)(C)CN)Cc1ccc(Cl)s1. The maximum Gasteiger partial charge on any atom is 0.0931 e. The highest BCUT2D eigenvalue weighted by atomic mass is 35.5. The van der Waals surface area contributed by atoms with E-state index in [2.05, 4.69) is 31.9 Å². The lowest BCUT2D eigenvalue weighted by Crippen LogP contribution is -2.26. The van der Waals surface area contributed by atoms with Crippen molar-refractivity contribution in [3.63, 3.8) is 0 Å². The summed E-state index contributed by atoms with van der Waals surface area (Å²) in [4.78, 5) is 3.67. The molecule has 0 spiro atoms. The molecular formula is C13H23ClN2S. The molecule has 17 heavy (non-hydrogen) atoms. The fraction of sp³-hybridized carbons (Fsp3) is 0.692. The van der Waals surface area contributed by atoms with Crippen molar-refractivity contribution in [3.05, 3.63) is 21.3 Å². The summed E-state index contributed by atoms with van der Waals surface area (Å²) < 4.78 is 0.873. The Hall–Kier alpha value is -0.0900. The Bertz CT molecular complexity index is 336. The zero-order chi connectivity index (χ0) is 12.9. The van der Waals surface area contributed by atoms with Crippen molar-refractivity contribution in [2.24, 2.45) is 11.1 Å². The van der Waals surface area contributed by atoms with Crippen molar-refractivity contribution >= 4 is 22.9 Å². The molecule has 0 unspecified atom stereocenters. The fourth-order valence-corrected chi connectivity index (χ4v) is 2.88. The fourth-order valence-electron chi connectivity index (χ4n) is 1.71. The van der Waals surface area contributed by atoms with Crippen LogP contribution in [0.5, 0.6) is 0 Å². The van der Waals surface area contributed by atoms with Gasteiger partial charge in [-0.05, 0) is 50.5 Å². The van der Waals surface area contributed by atoms with E-state index in [-0.39, 0.29) is 5.41 Å². The molecule has 1 aromatic heterocycles. The van der Waals surface area contributed by atoms with E-state index in [0.717, 1.165) is 24.0 Å². The number of hydrogen-bond donors (Lipinski definition) is 1. The first kappa shape index (κ1) is 15.0. The largest absolute Gasteiger partial charge is 0.330 e. The second-order valence-electron chi connectivity index (χ2n) is 5.42. The molecule has 0 atom stereocenters. The zero-order valence-corrected chi connectivity index (χ0v) is 12.6. The second-order valence-corrected chi connectivity index (χ2v) is 7.22. The second kappa shape index (κ2) is 6.74.